The summed E-state index contributed by atoms with van der Waals surface area (Å²) in [5.74, 6) is -0.114. The topological polar surface area (TPSA) is 61.0 Å². The van der Waals surface area contributed by atoms with Crippen molar-refractivity contribution in [3.63, 3.8) is 0 Å². The van der Waals surface area contributed by atoms with Crippen LogP contribution in [0.15, 0.2) is 49.0 Å². The van der Waals surface area contributed by atoms with E-state index in [1.807, 2.05) is 12.2 Å². The molecule has 1 aliphatic carbocycles. The van der Waals surface area contributed by atoms with Gasteiger partial charge in [-0.25, -0.2) is 0 Å². The molecule has 0 N–H and O–H groups in total. The Morgan fingerprint density at radius 3 is 2.41 bits per heavy atom. The number of rotatable bonds is 4. The van der Waals surface area contributed by atoms with Gasteiger partial charge >= 0.3 is 5.82 Å². The van der Waals surface area contributed by atoms with Crippen molar-refractivity contribution in [2.75, 3.05) is 0 Å². The van der Waals surface area contributed by atoms with Crippen molar-refractivity contribution in [2.24, 2.45) is 0 Å². The monoisotopic (exact) mass is 231 g/mol. The summed E-state index contributed by atoms with van der Waals surface area (Å²) < 4.78 is 1.79. The highest BCUT2D eigenvalue weighted by Crippen LogP contribution is 2.36. The van der Waals surface area contributed by atoms with Gasteiger partial charge < -0.3 is 14.7 Å². The Kier molecular flexibility index (Phi) is 2.91. The lowest BCUT2D eigenvalue weighted by molar-refractivity contribution is -0.389. The van der Waals surface area contributed by atoms with Crippen LogP contribution in [-0.4, -0.2) is 14.5 Å². The average Bonchev–Trinajstić information content (AvgIpc) is 2.94. The van der Waals surface area contributed by atoms with Gasteiger partial charge in [-0.05, 0) is 33.9 Å². The molecule has 1 heterocycles. The molecule has 0 aromatic carbocycles. The van der Waals surface area contributed by atoms with E-state index < -0.39 is 4.92 Å². The molecule has 1 aromatic rings. The first-order valence-corrected chi connectivity index (χ1v) is 5.30. The molecule has 5 nitrogen and oxygen atoms in total. The second kappa shape index (κ2) is 4.37. The lowest BCUT2D eigenvalue weighted by Gasteiger charge is -2.09. The molecule has 5 heteroatoms. The maximum Gasteiger partial charge on any atom is 0.381 e. The Hall–Kier alpha value is -2.17. The van der Waals surface area contributed by atoms with Crippen LogP contribution < -0.4 is 0 Å². The zero-order valence-corrected chi connectivity index (χ0v) is 9.37. The van der Waals surface area contributed by atoms with Crippen LogP contribution >= 0.6 is 0 Å². The predicted octanol–water partition coefficient (Wildman–Crippen LogP) is 2.79. The van der Waals surface area contributed by atoms with Crippen LogP contribution in [0.3, 0.4) is 0 Å². The average molecular weight is 231 g/mol. The summed E-state index contributed by atoms with van der Waals surface area (Å²) in [6.07, 6.45) is 8.26. The molecule has 0 amide bonds. The van der Waals surface area contributed by atoms with Crippen LogP contribution in [0.2, 0.25) is 0 Å². The third-order valence-corrected chi connectivity index (χ3v) is 3.01. The fourth-order valence-electron chi connectivity index (χ4n) is 2.10. The zero-order valence-electron chi connectivity index (χ0n) is 9.37. The lowest BCUT2D eigenvalue weighted by Crippen LogP contribution is -2.02. The SMILES string of the molecule is C=CC1=C(C=C)CC(n2cnc([N+](=O)[O-])c2)C1. The highest BCUT2D eigenvalue weighted by molar-refractivity contribution is 5.37. The molecule has 0 saturated carbocycles. The van der Waals surface area contributed by atoms with E-state index >= 15 is 0 Å². The lowest BCUT2D eigenvalue weighted by atomic mass is 10.1. The summed E-state index contributed by atoms with van der Waals surface area (Å²) in [5, 5.41) is 10.6. The Balaban J connectivity index is 2.19. The Labute approximate surface area is 98.9 Å². The fourth-order valence-corrected chi connectivity index (χ4v) is 2.10. The van der Waals surface area contributed by atoms with Crippen LogP contribution in [0.4, 0.5) is 5.82 Å². The smallest absolute Gasteiger partial charge is 0.358 e. The summed E-state index contributed by atoms with van der Waals surface area (Å²) in [4.78, 5) is 13.8. The fraction of sp³-hybridized carbons (Fsp3) is 0.250. The largest absolute Gasteiger partial charge is 0.381 e. The van der Waals surface area contributed by atoms with Crippen LogP contribution in [0.5, 0.6) is 0 Å². The van der Waals surface area contributed by atoms with Crippen molar-refractivity contribution in [3.05, 3.63) is 59.1 Å². The number of imidazole rings is 1. The second-order valence-corrected chi connectivity index (χ2v) is 3.96. The molecule has 0 bridgehead atoms. The van der Waals surface area contributed by atoms with Gasteiger partial charge in [-0.3, -0.25) is 0 Å². The molecule has 17 heavy (non-hydrogen) atoms. The summed E-state index contributed by atoms with van der Waals surface area (Å²) in [6, 6.07) is 0.178. The normalized spacial score (nSPS) is 16.2. The summed E-state index contributed by atoms with van der Waals surface area (Å²) in [7, 11) is 0. The third-order valence-electron chi connectivity index (χ3n) is 3.01. The molecule has 0 saturated heterocycles. The predicted molar refractivity (Wildman–Crippen MR) is 64.6 cm³/mol. The molecule has 0 unspecified atom stereocenters. The van der Waals surface area contributed by atoms with E-state index in [0.717, 1.165) is 24.0 Å². The van der Waals surface area contributed by atoms with Gasteiger partial charge in [0.15, 0.2) is 0 Å². The van der Waals surface area contributed by atoms with Gasteiger partial charge in [0.2, 0.25) is 6.33 Å². The van der Waals surface area contributed by atoms with Crippen molar-refractivity contribution >= 4 is 5.82 Å². The molecular weight excluding hydrogens is 218 g/mol. The summed E-state index contributed by atoms with van der Waals surface area (Å²) in [5.41, 5.74) is 2.31. The van der Waals surface area contributed by atoms with Gasteiger partial charge in [-0.1, -0.05) is 25.3 Å². The van der Waals surface area contributed by atoms with Crippen molar-refractivity contribution in [1.29, 1.82) is 0 Å². The Morgan fingerprint density at radius 1 is 1.41 bits per heavy atom. The number of hydrogen-bond donors (Lipinski definition) is 0. The molecular formula is C12H13N3O2. The molecule has 88 valence electrons. The zero-order chi connectivity index (χ0) is 12.4. The minimum Gasteiger partial charge on any atom is -0.358 e. The first-order chi connectivity index (χ1) is 8.15. The molecule has 1 aliphatic rings. The Morgan fingerprint density at radius 2 is 2.00 bits per heavy atom. The first-order valence-electron chi connectivity index (χ1n) is 5.30. The number of allylic oxidation sites excluding steroid dienone is 4. The van der Waals surface area contributed by atoms with Gasteiger partial charge in [-0.15, -0.1) is 0 Å². The number of nitro groups is 1. The minimum absolute atomic E-state index is 0.114. The first kappa shape index (κ1) is 11.3. The van der Waals surface area contributed by atoms with E-state index in [-0.39, 0.29) is 11.9 Å². The van der Waals surface area contributed by atoms with Crippen LogP contribution in [-0.2, 0) is 0 Å². The van der Waals surface area contributed by atoms with E-state index in [1.165, 1.54) is 12.5 Å². The summed E-state index contributed by atoms with van der Waals surface area (Å²) in [6.45, 7) is 7.53. The molecule has 0 spiro atoms. The van der Waals surface area contributed by atoms with E-state index in [4.69, 9.17) is 0 Å². The van der Waals surface area contributed by atoms with E-state index in [0.29, 0.717) is 0 Å². The van der Waals surface area contributed by atoms with Crippen molar-refractivity contribution in [1.82, 2.24) is 9.55 Å². The molecule has 2 rings (SSSR count). The molecule has 0 aliphatic heterocycles. The minimum atomic E-state index is -0.484. The second-order valence-electron chi connectivity index (χ2n) is 3.96. The van der Waals surface area contributed by atoms with Crippen molar-refractivity contribution in [3.8, 4) is 0 Å². The number of hydrogen-bond acceptors (Lipinski definition) is 3. The molecule has 0 radical (unpaired) electrons. The van der Waals surface area contributed by atoms with Gasteiger partial charge in [0.05, 0.1) is 0 Å². The standard InChI is InChI=1S/C12H13N3O2/c1-3-9-5-11(6-10(9)4-2)14-7-12(13-8-14)15(16)17/h3-4,7-8,11H,1-2,5-6H2. The summed E-state index contributed by atoms with van der Waals surface area (Å²) >= 11 is 0. The highest BCUT2D eigenvalue weighted by atomic mass is 16.6. The Bertz CT molecular complexity index is 494. The van der Waals surface area contributed by atoms with Gasteiger partial charge in [0, 0.05) is 6.04 Å². The van der Waals surface area contributed by atoms with Crippen LogP contribution in [0, 0.1) is 10.1 Å². The van der Waals surface area contributed by atoms with Crippen LogP contribution in [0.25, 0.3) is 0 Å². The quantitative estimate of drug-likeness (QED) is 0.591. The van der Waals surface area contributed by atoms with E-state index in [1.54, 1.807) is 4.57 Å². The third kappa shape index (κ3) is 2.04. The highest BCUT2D eigenvalue weighted by Gasteiger charge is 2.24. The van der Waals surface area contributed by atoms with Gasteiger partial charge in [0.25, 0.3) is 0 Å². The van der Waals surface area contributed by atoms with E-state index in [2.05, 4.69) is 18.1 Å². The molecule has 0 fully saturated rings. The van der Waals surface area contributed by atoms with Gasteiger partial charge in [-0.2, -0.15) is 0 Å². The van der Waals surface area contributed by atoms with E-state index in [9.17, 15) is 10.1 Å². The maximum atomic E-state index is 10.6. The van der Waals surface area contributed by atoms with Gasteiger partial charge in [0.1, 0.15) is 6.20 Å². The molecule has 0 atom stereocenters. The number of aromatic nitrogens is 2. The van der Waals surface area contributed by atoms with Crippen LogP contribution in [0.1, 0.15) is 18.9 Å². The molecule has 1 aromatic heterocycles. The number of nitrogens with zero attached hydrogens (tertiary/aromatic N) is 3. The van der Waals surface area contributed by atoms with Crippen molar-refractivity contribution < 1.29 is 4.92 Å². The van der Waals surface area contributed by atoms with Crippen molar-refractivity contribution in [2.45, 2.75) is 18.9 Å². The maximum absolute atomic E-state index is 10.6.